The monoisotopic (exact) mass is 370 g/mol. The van der Waals surface area contributed by atoms with Gasteiger partial charge in [0.2, 0.25) is 0 Å². The molecule has 4 heteroatoms. The summed E-state index contributed by atoms with van der Waals surface area (Å²) in [6.45, 7) is 2.03. The van der Waals surface area contributed by atoms with E-state index in [1.165, 1.54) is 0 Å². The van der Waals surface area contributed by atoms with Gasteiger partial charge in [-0.05, 0) is 46.6 Å². The topological polar surface area (TPSA) is 34.1 Å². The van der Waals surface area contributed by atoms with E-state index in [9.17, 15) is 9.59 Å². The fourth-order valence-electron chi connectivity index (χ4n) is 3.25. The third-order valence-corrected chi connectivity index (χ3v) is 5.63. The maximum absolute atomic E-state index is 13.3. The molecule has 1 aliphatic carbocycles. The van der Waals surface area contributed by atoms with E-state index < -0.39 is 0 Å². The van der Waals surface area contributed by atoms with Gasteiger partial charge in [0.1, 0.15) is 0 Å². The average molecular weight is 371 g/mol. The number of Topliss-reactive ketones (excluding diaryl/α,β-unsaturated/α-hetero) is 1. The van der Waals surface area contributed by atoms with Crippen molar-refractivity contribution < 1.29 is 9.59 Å². The summed E-state index contributed by atoms with van der Waals surface area (Å²) in [6, 6.07) is 16.8. The molecule has 0 radical (unpaired) electrons. The molecule has 0 bridgehead atoms. The highest BCUT2D eigenvalue weighted by Crippen LogP contribution is 2.43. The van der Waals surface area contributed by atoms with E-state index in [2.05, 4.69) is 0 Å². The highest BCUT2D eigenvalue weighted by Gasteiger charge is 2.37. The molecule has 2 aromatic carbocycles. The Hall–Kier alpha value is -1.84. The Morgan fingerprint density at radius 3 is 2.44 bits per heavy atom. The van der Waals surface area contributed by atoms with Crippen LogP contribution in [0.3, 0.4) is 0 Å². The van der Waals surface area contributed by atoms with Crippen molar-refractivity contribution >= 4 is 34.9 Å². The van der Waals surface area contributed by atoms with Crippen molar-refractivity contribution in [2.45, 2.75) is 19.3 Å². The number of benzene rings is 2. The molecule has 0 heterocycles. The fraction of sp³-hybridized carbons (Fsp3) is 0.238. The first kappa shape index (κ1) is 18.0. The number of allylic oxidation sites excluding steroid dienone is 2. The van der Waals surface area contributed by atoms with Crippen LogP contribution in [-0.2, 0) is 4.79 Å². The minimum absolute atomic E-state index is 0.0465. The lowest BCUT2D eigenvalue weighted by Gasteiger charge is -2.31. The summed E-state index contributed by atoms with van der Waals surface area (Å²) in [6.07, 6.45) is 2.02. The quantitative estimate of drug-likeness (QED) is 0.648. The second-order valence-electron chi connectivity index (χ2n) is 6.02. The van der Waals surface area contributed by atoms with Gasteiger partial charge < -0.3 is 0 Å². The van der Waals surface area contributed by atoms with Crippen LogP contribution >= 0.6 is 23.4 Å². The van der Waals surface area contributed by atoms with E-state index in [0.29, 0.717) is 17.0 Å². The van der Waals surface area contributed by atoms with E-state index in [1.54, 1.807) is 42.1 Å². The summed E-state index contributed by atoms with van der Waals surface area (Å²) in [5, 5.41) is 0.605. The number of ketones is 2. The Labute approximate surface area is 157 Å². The van der Waals surface area contributed by atoms with Crippen LogP contribution in [0.15, 0.2) is 65.6 Å². The summed E-state index contributed by atoms with van der Waals surface area (Å²) in [5.41, 5.74) is 1.66. The first-order valence-corrected chi connectivity index (χ1v) is 9.68. The van der Waals surface area contributed by atoms with Gasteiger partial charge in [0.05, 0.1) is 5.92 Å². The molecule has 0 spiro atoms. The van der Waals surface area contributed by atoms with E-state index in [0.717, 1.165) is 16.2 Å². The predicted molar refractivity (Wildman–Crippen MR) is 104 cm³/mol. The summed E-state index contributed by atoms with van der Waals surface area (Å²) < 4.78 is 0. The molecule has 1 aliphatic rings. The van der Waals surface area contributed by atoms with E-state index in [4.69, 9.17) is 11.6 Å². The average Bonchev–Trinajstić information content (AvgIpc) is 2.62. The number of carbonyl (C=O) groups excluding carboxylic acids is 2. The van der Waals surface area contributed by atoms with E-state index in [-0.39, 0.29) is 23.4 Å². The van der Waals surface area contributed by atoms with Gasteiger partial charge in [0, 0.05) is 22.9 Å². The molecule has 2 atom stereocenters. The smallest absolute Gasteiger partial charge is 0.171 e. The molecule has 0 aliphatic heterocycles. The zero-order chi connectivity index (χ0) is 17.8. The molecule has 0 fully saturated rings. The highest BCUT2D eigenvalue weighted by atomic mass is 35.5. The summed E-state index contributed by atoms with van der Waals surface area (Å²) in [5.74, 6) is 0.503. The zero-order valence-electron chi connectivity index (χ0n) is 13.9. The van der Waals surface area contributed by atoms with Crippen LogP contribution in [0.2, 0.25) is 5.02 Å². The summed E-state index contributed by atoms with van der Waals surface area (Å²) in [7, 11) is 0. The third kappa shape index (κ3) is 4.05. The maximum Gasteiger partial charge on any atom is 0.171 e. The number of carbonyl (C=O) groups is 2. The Morgan fingerprint density at radius 1 is 1.12 bits per heavy atom. The van der Waals surface area contributed by atoms with Gasteiger partial charge in [-0.15, -0.1) is 11.8 Å². The van der Waals surface area contributed by atoms with Crippen LogP contribution in [0.4, 0.5) is 0 Å². The van der Waals surface area contributed by atoms with Crippen LogP contribution in [0, 0.1) is 5.92 Å². The van der Waals surface area contributed by atoms with E-state index >= 15 is 0 Å². The zero-order valence-corrected chi connectivity index (χ0v) is 15.5. The molecule has 0 amide bonds. The van der Waals surface area contributed by atoms with Crippen molar-refractivity contribution in [1.29, 1.82) is 0 Å². The maximum atomic E-state index is 13.3. The van der Waals surface area contributed by atoms with E-state index in [1.807, 2.05) is 37.3 Å². The van der Waals surface area contributed by atoms with Gasteiger partial charge in [-0.2, -0.15) is 0 Å². The van der Waals surface area contributed by atoms with Crippen LogP contribution in [0.25, 0.3) is 0 Å². The number of rotatable bonds is 5. The second kappa shape index (κ2) is 8.03. The molecule has 2 nitrogen and oxygen atoms in total. The Balaban J connectivity index is 2.04. The number of hydrogen-bond acceptors (Lipinski definition) is 3. The van der Waals surface area contributed by atoms with Crippen molar-refractivity contribution in [1.82, 2.24) is 0 Å². The van der Waals surface area contributed by atoms with Crippen LogP contribution in [0.1, 0.15) is 35.2 Å². The van der Waals surface area contributed by atoms with Crippen LogP contribution < -0.4 is 0 Å². The van der Waals surface area contributed by atoms with Gasteiger partial charge in [0.15, 0.2) is 11.6 Å². The first-order valence-electron chi connectivity index (χ1n) is 8.32. The molecule has 2 aromatic rings. The SMILES string of the molecule is CCSC1=CC(=O)C[C@H](c2ccccc2)[C@@H]1C(=O)c1ccc(Cl)cc1. The van der Waals surface area contributed by atoms with Gasteiger partial charge in [0.25, 0.3) is 0 Å². The number of thioether (sulfide) groups is 1. The van der Waals surface area contributed by atoms with Gasteiger partial charge >= 0.3 is 0 Å². The van der Waals surface area contributed by atoms with Crippen molar-refractivity contribution in [2.75, 3.05) is 5.75 Å². The minimum atomic E-state index is -0.328. The predicted octanol–water partition coefficient (Wildman–Crippen LogP) is 5.53. The standard InChI is InChI=1S/C21H19ClO2S/c1-2-25-19-13-17(23)12-18(14-6-4-3-5-7-14)20(19)21(24)15-8-10-16(22)11-9-15/h3-11,13,18,20H,2,12H2,1H3/t18-,20+/m1/s1. The lowest BCUT2D eigenvalue weighted by atomic mass is 9.75. The first-order chi connectivity index (χ1) is 12.1. The van der Waals surface area contributed by atoms with Crippen LogP contribution in [0.5, 0.6) is 0 Å². The largest absolute Gasteiger partial charge is 0.295 e. The normalized spacial score (nSPS) is 20.2. The van der Waals surface area contributed by atoms with Crippen molar-refractivity contribution in [3.05, 3.63) is 81.7 Å². The second-order valence-corrected chi connectivity index (χ2v) is 7.79. The molecular formula is C21H19ClO2S. The minimum Gasteiger partial charge on any atom is -0.295 e. The molecular weight excluding hydrogens is 352 g/mol. The van der Waals surface area contributed by atoms with Gasteiger partial charge in [-0.1, -0.05) is 48.9 Å². The number of hydrogen-bond donors (Lipinski definition) is 0. The van der Waals surface area contributed by atoms with Crippen molar-refractivity contribution in [2.24, 2.45) is 5.92 Å². The van der Waals surface area contributed by atoms with Crippen LogP contribution in [-0.4, -0.2) is 17.3 Å². The lowest BCUT2D eigenvalue weighted by molar-refractivity contribution is -0.115. The Bertz CT molecular complexity index is 796. The fourth-order valence-corrected chi connectivity index (χ4v) is 4.38. The third-order valence-electron chi connectivity index (χ3n) is 4.38. The molecule has 0 unspecified atom stereocenters. The highest BCUT2D eigenvalue weighted by molar-refractivity contribution is 8.03. The van der Waals surface area contributed by atoms with Crippen molar-refractivity contribution in [3.8, 4) is 0 Å². The summed E-state index contributed by atoms with van der Waals surface area (Å²) in [4.78, 5) is 26.4. The Morgan fingerprint density at radius 2 is 1.80 bits per heavy atom. The summed E-state index contributed by atoms with van der Waals surface area (Å²) >= 11 is 7.53. The van der Waals surface area contributed by atoms with Gasteiger partial charge in [-0.25, -0.2) is 0 Å². The Kier molecular flexibility index (Phi) is 5.77. The van der Waals surface area contributed by atoms with Crippen molar-refractivity contribution in [3.63, 3.8) is 0 Å². The molecule has 3 rings (SSSR count). The molecule has 0 saturated carbocycles. The molecule has 25 heavy (non-hydrogen) atoms. The van der Waals surface area contributed by atoms with Gasteiger partial charge in [-0.3, -0.25) is 9.59 Å². The lowest BCUT2D eigenvalue weighted by Crippen LogP contribution is -2.29. The molecule has 0 saturated heterocycles. The molecule has 128 valence electrons. The molecule has 0 N–H and O–H groups in total. The molecule has 0 aromatic heterocycles. The number of halogens is 1.